The Morgan fingerprint density at radius 3 is 2.35 bits per heavy atom. The van der Waals surface area contributed by atoms with Crippen molar-refractivity contribution >= 4 is 5.91 Å². The Labute approximate surface area is 156 Å². The van der Waals surface area contributed by atoms with Crippen LogP contribution in [0.4, 0.5) is 0 Å². The first-order valence-corrected chi connectivity index (χ1v) is 9.31. The van der Waals surface area contributed by atoms with Gasteiger partial charge in [0.25, 0.3) is 5.91 Å². The molecule has 1 amide bonds. The van der Waals surface area contributed by atoms with Crippen molar-refractivity contribution in [2.75, 3.05) is 33.3 Å². The highest BCUT2D eigenvalue weighted by Gasteiger charge is 2.22. The number of nitrogens with zero attached hydrogens (tertiary/aromatic N) is 2. The van der Waals surface area contributed by atoms with Crippen LogP contribution in [-0.4, -0.2) is 49.0 Å². The van der Waals surface area contributed by atoms with Crippen molar-refractivity contribution < 1.29 is 9.53 Å². The zero-order chi connectivity index (χ0) is 18.5. The van der Waals surface area contributed by atoms with E-state index in [4.69, 9.17) is 4.74 Å². The Kier molecular flexibility index (Phi) is 5.94. The molecule has 4 heteroatoms. The molecule has 0 unspecified atom stereocenters. The fourth-order valence-corrected chi connectivity index (χ4v) is 3.31. The minimum absolute atomic E-state index is 0.0878. The lowest BCUT2D eigenvalue weighted by Crippen LogP contribution is -2.48. The summed E-state index contributed by atoms with van der Waals surface area (Å²) in [4.78, 5) is 17.0. The summed E-state index contributed by atoms with van der Waals surface area (Å²) in [7, 11) is 1.62. The number of amides is 1. The molecule has 0 N–H and O–H groups in total. The maximum atomic E-state index is 12.7. The summed E-state index contributed by atoms with van der Waals surface area (Å²) in [6, 6.07) is 16.3. The molecule has 0 radical (unpaired) electrons. The largest absolute Gasteiger partial charge is 0.497 e. The van der Waals surface area contributed by atoms with E-state index in [1.165, 1.54) is 11.1 Å². The molecule has 2 aromatic carbocycles. The molecule has 1 fully saturated rings. The van der Waals surface area contributed by atoms with Crippen molar-refractivity contribution in [1.82, 2.24) is 9.80 Å². The monoisotopic (exact) mass is 352 g/mol. The van der Waals surface area contributed by atoms with E-state index < -0.39 is 0 Å². The Balaban J connectivity index is 1.54. The van der Waals surface area contributed by atoms with E-state index in [1.807, 2.05) is 29.2 Å². The van der Waals surface area contributed by atoms with Crippen LogP contribution < -0.4 is 4.74 Å². The van der Waals surface area contributed by atoms with E-state index in [-0.39, 0.29) is 5.91 Å². The van der Waals surface area contributed by atoms with Crippen molar-refractivity contribution in [3.05, 3.63) is 65.2 Å². The van der Waals surface area contributed by atoms with Crippen LogP contribution in [0.5, 0.6) is 5.75 Å². The molecule has 1 aliphatic heterocycles. The molecule has 0 aliphatic carbocycles. The van der Waals surface area contributed by atoms with Gasteiger partial charge in [0.1, 0.15) is 5.75 Å². The van der Waals surface area contributed by atoms with Crippen LogP contribution in [0.25, 0.3) is 0 Å². The molecule has 26 heavy (non-hydrogen) atoms. The van der Waals surface area contributed by atoms with Gasteiger partial charge in [-0.25, -0.2) is 0 Å². The highest BCUT2D eigenvalue weighted by atomic mass is 16.5. The molecule has 0 bridgehead atoms. The number of hydrogen-bond acceptors (Lipinski definition) is 3. The summed E-state index contributed by atoms with van der Waals surface area (Å²) in [5.74, 6) is 1.37. The fourth-order valence-electron chi connectivity index (χ4n) is 3.31. The number of piperazine rings is 1. The molecule has 0 saturated carbocycles. The second-order valence-electron chi connectivity index (χ2n) is 7.20. The third-order valence-corrected chi connectivity index (χ3v) is 5.03. The smallest absolute Gasteiger partial charge is 0.254 e. The summed E-state index contributed by atoms with van der Waals surface area (Å²) in [5.41, 5.74) is 3.41. The van der Waals surface area contributed by atoms with Crippen LogP contribution in [0.1, 0.15) is 41.3 Å². The number of rotatable bonds is 5. The van der Waals surface area contributed by atoms with E-state index in [2.05, 4.69) is 43.0 Å². The van der Waals surface area contributed by atoms with Gasteiger partial charge in [0.05, 0.1) is 7.11 Å². The lowest BCUT2D eigenvalue weighted by Gasteiger charge is -2.34. The Bertz CT molecular complexity index is 732. The number of carbonyl (C=O) groups excluding carboxylic acids is 1. The van der Waals surface area contributed by atoms with Gasteiger partial charge in [-0.2, -0.15) is 0 Å². The third-order valence-electron chi connectivity index (χ3n) is 5.03. The molecule has 0 aromatic heterocycles. The van der Waals surface area contributed by atoms with Crippen LogP contribution in [0.15, 0.2) is 48.5 Å². The van der Waals surface area contributed by atoms with Crippen molar-refractivity contribution in [2.24, 2.45) is 0 Å². The van der Waals surface area contributed by atoms with Gasteiger partial charge in [-0.05, 0) is 35.2 Å². The molecule has 1 aliphatic rings. The average molecular weight is 352 g/mol. The van der Waals surface area contributed by atoms with Gasteiger partial charge < -0.3 is 9.64 Å². The second kappa shape index (κ2) is 8.37. The van der Waals surface area contributed by atoms with Gasteiger partial charge in [0.2, 0.25) is 0 Å². The molecule has 0 spiro atoms. The maximum absolute atomic E-state index is 12.7. The topological polar surface area (TPSA) is 32.8 Å². The van der Waals surface area contributed by atoms with Crippen LogP contribution >= 0.6 is 0 Å². The number of ether oxygens (including phenoxy) is 1. The van der Waals surface area contributed by atoms with Crippen molar-refractivity contribution in [3.8, 4) is 5.75 Å². The molecule has 1 saturated heterocycles. The van der Waals surface area contributed by atoms with Crippen molar-refractivity contribution in [1.29, 1.82) is 0 Å². The molecule has 4 nitrogen and oxygen atoms in total. The van der Waals surface area contributed by atoms with Gasteiger partial charge in [0.15, 0.2) is 0 Å². The molecule has 138 valence electrons. The first-order valence-electron chi connectivity index (χ1n) is 9.31. The number of benzene rings is 2. The van der Waals surface area contributed by atoms with Gasteiger partial charge in [0, 0.05) is 38.3 Å². The highest BCUT2D eigenvalue weighted by molar-refractivity contribution is 5.94. The van der Waals surface area contributed by atoms with E-state index in [1.54, 1.807) is 7.11 Å². The molecule has 0 atom stereocenters. The quantitative estimate of drug-likeness (QED) is 0.821. The SMILES string of the molecule is COc1cccc(C(=O)N2CCN(Cc3ccc(C(C)C)cc3)CC2)c1. The predicted octanol–water partition coefficient (Wildman–Crippen LogP) is 3.78. The Morgan fingerprint density at radius 1 is 1.04 bits per heavy atom. The lowest BCUT2D eigenvalue weighted by atomic mass is 10.0. The van der Waals surface area contributed by atoms with Crippen molar-refractivity contribution in [3.63, 3.8) is 0 Å². The first-order chi connectivity index (χ1) is 12.6. The minimum Gasteiger partial charge on any atom is -0.497 e. The van der Waals surface area contributed by atoms with E-state index >= 15 is 0 Å². The van der Waals surface area contributed by atoms with Crippen LogP contribution in [0.2, 0.25) is 0 Å². The maximum Gasteiger partial charge on any atom is 0.254 e. The van der Waals surface area contributed by atoms with Crippen LogP contribution in [0.3, 0.4) is 0 Å². The summed E-state index contributed by atoms with van der Waals surface area (Å²) >= 11 is 0. The summed E-state index contributed by atoms with van der Waals surface area (Å²) in [6.07, 6.45) is 0. The van der Waals surface area contributed by atoms with E-state index in [0.717, 1.165) is 38.5 Å². The molecular weight excluding hydrogens is 324 g/mol. The fraction of sp³-hybridized carbons (Fsp3) is 0.409. The third kappa shape index (κ3) is 4.44. The minimum atomic E-state index is 0.0878. The second-order valence-corrected chi connectivity index (χ2v) is 7.20. The van der Waals surface area contributed by atoms with E-state index in [0.29, 0.717) is 11.5 Å². The summed E-state index contributed by atoms with van der Waals surface area (Å²) in [6.45, 7) is 8.71. The van der Waals surface area contributed by atoms with Gasteiger partial charge in [-0.3, -0.25) is 9.69 Å². The normalized spacial score (nSPS) is 15.3. The number of carbonyl (C=O) groups is 1. The van der Waals surface area contributed by atoms with Gasteiger partial charge >= 0.3 is 0 Å². The average Bonchev–Trinajstić information content (AvgIpc) is 2.68. The molecular formula is C22H28N2O2. The van der Waals surface area contributed by atoms with Gasteiger partial charge in [-0.15, -0.1) is 0 Å². The Hall–Kier alpha value is -2.33. The highest BCUT2D eigenvalue weighted by Crippen LogP contribution is 2.18. The first kappa shape index (κ1) is 18.5. The lowest BCUT2D eigenvalue weighted by molar-refractivity contribution is 0.0628. The number of methoxy groups -OCH3 is 1. The number of hydrogen-bond donors (Lipinski definition) is 0. The summed E-state index contributed by atoms with van der Waals surface area (Å²) < 4.78 is 5.22. The van der Waals surface area contributed by atoms with Crippen molar-refractivity contribution in [2.45, 2.75) is 26.3 Å². The standard InChI is InChI=1S/C22H28N2O2/c1-17(2)19-9-7-18(8-10-19)16-23-11-13-24(14-12-23)22(25)20-5-4-6-21(15-20)26-3/h4-10,15,17H,11-14,16H2,1-3H3. The Morgan fingerprint density at radius 2 is 1.73 bits per heavy atom. The van der Waals surface area contributed by atoms with Crippen LogP contribution in [-0.2, 0) is 6.54 Å². The summed E-state index contributed by atoms with van der Waals surface area (Å²) in [5, 5.41) is 0. The molecule has 3 rings (SSSR count). The zero-order valence-electron chi connectivity index (χ0n) is 15.9. The van der Waals surface area contributed by atoms with E-state index in [9.17, 15) is 4.79 Å². The zero-order valence-corrected chi connectivity index (χ0v) is 15.9. The van der Waals surface area contributed by atoms with Crippen LogP contribution in [0, 0.1) is 0 Å². The molecule has 2 aromatic rings. The predicted molar refractivity (Wildman–Crippen MR) is 105 cm³/mol. The molecule has 1 heterocycles. The van der Waals surface area contributed by atoms with Gasteiger partial charge in [-0.1, -0.05) is 44.2 Å².